The van der Waals surface area contributed by atoms with Gasteiger partial charge in [0.15, 0.2) is 6.10 Å². The van der Waals surface area contributed by atoms with Gasteiger partial charge in [-0.1, -0.05) is 13.0 Å². The first-order valence-electron chi connectivity index (χ1n) is 6.24. The summed E-state index contributed by atoms with van der Waals surface area (Å²) < 4.78 is 1.09. The number of thiophene rings is 1. The highest BCUT2D eigenvalue weighted by Gasteiger charge is 2.15. The van der Waals surface area contributed by atoms with Crippen LogP contribution in [0, 0.1) is 0 Å². The third-order valence-electron chi connectivity index (χ3n) is 2.78. The van der Waals surface area contributed by atoms with Gasteiger partial charge in [-0.05, 0) is 40.9 Å². The van der Waals surface area contributed by atoms with Crippen LogP contribution in [0.4, 0.5) is 0 Å². The first kappa shape index (κ1) is 16.6. The van der Waals surface area contributed by atoms with E-state index < -0.39 is 12.1 Å². The van der Waals surface area contributed by atoms with E-state index in [1.165, 1.54) is 0 Å². The van der Waals surface area contributed by atoms with Gasteiger partial charge in [-0.15, -0.1) is 11.3 Å². The second kappa shape index (κ2) is 7.96. The molecule has 5 nitrogen and oxygen atoms in total. The van der Waals surface area contributed by atoms with Crippen molar-refractivity contribution in [1.82, 2.24) is 0 Å². The van der Waals surface area contributed by atoms with E-state index in [4.69, 9.17) is 15.9 Å². The molecule has 6 heteroatoms. The second-order valence-corrected chi connectivity index (χ2v) is 5.26. The van der Waals surface area contributed by atoms with Gasteiger partial charge in [0.05, 0.1) is 6.61 Å². The highest BCUT2D eigenvalue weighted by molar-refractivity contribution is 7.17. The van der Waals surface area contributed by atoms with E-state index in [2.05, 4.69) is 0 Å². The molecule has 110 valence electrons. The zero-order chi connectivity index (χ0) is 15.1. The van der Waals surface area contributed by atoms with Crippen molar-refractivity contribution in [3.05, 3.63) is 35.2 Å². The lowest BCUT2D eigenvalue weighted by Gasteiger charge is -2.04. The molecule has 0 saturated heterocycles. The third kappa shape index (κ3) is 4.57. The van der Waals surface area contributed by atoms with Crippen molar-refractivity contribution in [2.24, 2.45) is 5.73 Å². The molecular weight excluding hydrogens is 278 g/mol. The number of aliphatic carboxylic acids is 1. The van der Waals surface area contributed by atoms with E-state index >= 15 is 0 Å². The third-order valence-corrected chi connectivity index (χ3v) is 3.68. The average Bonchev–Trinajstić information content (AvgIpc) is 2.93. The fourth-order valence-corrected chi connectivity index (χ4v) is 2.20. The Labute approximate surface area is 121 Å². The van der Waals surface area contributed by atoms with Crippen LogP contribution in [-0.2, 0) is 4.79 Å². The number of aliphatic hydroxyl groups excluding tert-OH is 2. The summed E-state index contributed by atoms with van der Waals surface area (Å²) >= 11 is 1.59. The lowest BCUT2D eigenvalue weighted by molar-refractivity contribution is -0.146. The molecule has 0 radical (unpaired) electrons. The molecule has 0 bridgehead atoms. The summed E-state index contributed by atoms with van der Waals surface area (Å²) in [6.45, 7) is 2.05. The highest BCUT2D eigenvalue weighted by Crippen LogP contribution is 2.24. The van der Waals surface area contributed by atoms with Gasteiger partial charge in [-0.2, -0.15) is 0 Å². The molecule has 0 spiro atoms. The smallest absolute Gasteiger partial charge is 0.337 e. The Morgan fingerprint density at radius 1 is 1.40 bits per heavy atom. The van der Waals surface area contributed by atoms with Gasteiger partial charge in [0.2, 0.25) is 0 Å². The molecule has 1 heterocycles. The summed E-state index contributed by atoms with van der Waals surface area (Å²) in [5, 5.41) is 29.0. The van der Waals surface area contributed by atoms with Crippen LogP contribution < -0.4 is 5.73 Å². The van der Waals surface area contributed by atoms with Crippen molar-refractivity contribution in [2.75, 3.05) is 6.61 Å². The van der Waals surface area contributed by atoms with Crippen molar-refractivity contribution in [3.63, 3.8) is 0 Å². The first-order valence-corrected chi connectivity index (χ1v) is 7.12. The van der Waals surface area contributed by atoms with Crippen molar-refractivity contribution < 1.29 is 20.1 Å². The van der Waals surface area contributed by atoms with Gasteiger partial charge in [0, 0.05) is 10.7 Å². The Morgan fingerprint density at radius 2 is 2.10 bits per heavy atom. The molecule has 2 aromatic rings. The minimum Gasteiger partial charge on any atom is -0.479 e. The Bertz CT molecular complexity index is 551. The predicted octanol–water partition coefficient (Wildman–Crippen LogP) is 1.74. The summed E-state index contributed by atoms with van der Waals surface area (Å²) in [7, 11) is 0. The summed E-state index contributed by atoms with van der Waals surface area (Å²) in [4.78, 5) is 10.5. The van der Waals surface area contributed by atoms with Gasteiger partial charge in [-0.3, -0.25) is 0 Å². The van der Waals surface area contributed by atoms with E-state index in [0.29, 0.717) is 5.56 Å². The van der Waals surface area contributed by atoms with E-state index in [1.54, 1.807) is 23.5 Å². The van der Waals surface area contributed by atoms with Gasteiger partial charge < -0.3 is 21.1 Å². The molecule has 2 atom stereocenters. The fourth-order valence-electron chi connectivity index (χ4n) is 1.43. The predicted molar refractivity (Wildman–Crippen MR) is 79.8 cm³/mol. The van der Waals surface area contributed by atoms with Crippen LogP contribution in [0.2, 0.25) is 0 Å². The maximum Gasteiger partial charge on any atom is 0.337 e. The number of hydrogen-bond acceptors (Lipinski definition) is 5. The molecule has 1 aromatic carbocycles. The van der Waals surface area contributed by atoms with Crippen LogP contribution in [0.25, 0.3) is 10.1 Å². The van der Waals surface area contributed by atoms with E-state index in [9.17, 15) is 9.90 Å². The molecule has 1 aromatic heterocycles. The zero-order valence-electron chi connectivity index (χ0n) is 11.2. The van der Waals surface area contributed by atoms with Gasteiger partial charge >= 0.3 is 5.97 Å². The second-order valence-electron chi connectivity index (χ2n) is 4.31. The molecule has 20 heavy (non-hydrogen) atoms. The molecule has 0 aliphatic heterocycles. The van der Waals surface area contributed by atoms with Crippen LogP contribution in [0.3, 0.4) is 0 Å². The minimum atomic E-state index is -1.43. The Morgan fingerprint density at radius 3 is 2.60 bits per heavy atom. The van der Waals surface area contributed by atoms with Crippen LogP contribution >= 0.6 is 11.3 Å². The van der Waals surface area contributed by atoms with E-state index in [0.717, 1.165) is 16.5 Å². The molecule has 1 unspecified atom stereocenters. The van der Waals surface area contributed by atoms with Crippen molar-refractivity contribution >= 4 is 27.4 Å². The topological polar surface area (TPSA) is 104 Å². The van der Waals surface area contributed by atoms with Crippen molar-refractivity contribution in [1.29, 1.82) is 0 Å². The SMILES string of the molecule is CC[C@@H](N)CO.O=C(O)C(O)c1ccc2sccc2c1. The number of aliphatic hydroxyl groups is 2. The molecule has 0 fully saturated rings. The molecule has 2 rings (SSSR count). The standard InChI is InChI=1S/C10H8O3S.C4H11NO/c11-9(10(12)13)7-1-2-8-6(5-7)3-4-14-8;1-2-4(5)3-6/h1-5,9,11H,(H,12,13);4,6H,2-3,5H2,1H3/t;4-/m.1/s1. The number of nitrogens with two attached hydrogens (primary N) is 1. The van der Waals surface area contributed by atoms with E-state index in [-0.39, 0.29) is 12.6 Å². The normalized spacial score (nSPS) is 13.4. The Kier molecular flexibility index (Phi) is 6.60. The number of hydrogen-bond donors (Lipinski definition) is 4. The monoisotopic (exact) mass is 297 g/mol. The lowest BCUT2D eigenvalue weighted by atomic mass is 10.1. The number of carboxylic acids is 1. The largest absolute Gasteiger partial charge is 0.479 e. The summed E-state index contributed by atoms with van der Waals surface area (Å²) in [5.74, 6) is -1.22. The van der Waals surface area contributed by atoms with Crippen LogP contribution in [-0.4, -0.2) is 33.9 Å². The van der Waals surface area contributed by atoms with Crippen LogP contribution in [0.5, 0.6) is 0 Å². The molecule has 0 amide bonds. The number of carboxylic acid groups (broad SMARTS) is 1. The maximum absolute atomic E-state index is 10.5. The Balaban J connectivity index is 0.000000286. The van der Waals surface area contributed by atoms with Gasteiger partial charge in [-0.25, -0.2) is 4.79 Å². The lowest BCUT2D eigenvalue weighted by Crippen LogP contribution is -2.22. The summed E-state index contributed by atoms with van der Waals surface area (Å²) in [5.41, 5.74) is 5.64. The van der Waals surface area contributed by atoms with Gasteiger partial charge in [0.1, 0.15) is 0 Å². The summed E-state index contributed by atoms with van der Waals surface area (Å²) in [6, 6.07) is 7.05. The quantitative estimate of drug-likeness (QED) is 0.688. The highest BCUT2D eigenvalue weighted by atomic mass is 32.1. The minimum absolute atomic E-state index is 0.00926. The van der Waals surface area contributed by atoms with E-state index in [1.807, 2.05) is 24.4 Å². The zero-order valence-corrected chi connectivity index (χ0v) is 12.0. The van der Waals surface area contributed by atoms with Crippen molar-refractivity contribution in [2.45, 2.75) is 25.5 Å². The Hall–Kier alpha value is -1.47. The fraction of sp³-hybridized carbons (Fsp3) is 0.357. The maximum atomic E-state index is 10.5. The molecule has 5 N–H and O–H groups in total. The number of benzene rings is 1. The van der Waals surface area contributed by atoms with Gasteiger partial charge in [0.25, 0.3) is 0 Å². The summed E-state index contributed by atoms with van der Waals surface area (Å²) in [6.07, 6.45) is -0.574. The molecule has 0 saturated carbocycles. The molecular formula is C14H19NO4S. The van der Waals surface area contributed by atoms with Crippen LogP contribution in [0.1, 0.15) is 25.0 Å². The average molecular weight is 297 g/mol. The van der Waals surface area contributed by atoms with Crippen LogP contribution in [0.15, 0.2) is 29.6 Å². The number of carbonyl (C=O) groups is 1. The van der Waals surface area contributed by atoms with Crippen molar-refractivity contribution in [3.8, 4) is 0 Å². The molecule has 0 aliphatic rings. The molecule has 0 aliphatic carbocycles. The number of rotatable bonds is 4. The number of fused-ring (bicyclic) bond motifs is 1. The first-order chi connectivity index (χ1) is 9.49.